The van der Waals surface area contributed by atoms with Gasteiger partial charge < -0.3 is 5.11 Å². The summed E-state index contributed by atoms with van der Waals surface area (Å²) in [6, 6.07) is 0. The van der Waals surface area contributed by atoms with Crippen molar-refractivity contribution in [2.45, 2.75) is 38.7 Å². The molecule has 1 N–H and O–H groups in total. The van der Waals surface area contributed by atoms with Gasteiger partial charge in [0.1, 0.15) is 0 Å². The van der Waals surface area contributed by atoms with Crippen LogP contribution < -0.4 is 0 Å². The summed E-state index contributed by atoms with van der Waals surface area (Å²) >= 11 is 0. The van der Waals surface area contributed by atoms with Crippen LogP contribution in [0.5, 0.6) is 0 Å². The zero-order chi connectivity index (χ0) is 9.42. The van der Waals surface area contributed by atoms with Crippen molar-refractivity contribution >= 4 is 0 Å². The highest BCUT2D eigenvalue weighted by atomic mass is 16.3. The third-order valence-electron chi connectivity index (χ3n) is 3.41. The normalized spacial score (nSPS) is 39.7. The fourth-order valence-corrected chi connectivity index (χ4v) is 2.87. The molecule has 0 amide bonds. The highest BCUT2D eigenvalue weighted by Gasteiger charge is 2.31. The zero-order valence-corrected chi connectivity index (χ0v) is 8.29. The fourth-order valence-electron chi connectivity index (χ4n) is 2.87. The Morgan fingerprint density at radius 1 is 1.54 bits per heavy atom. The lowest BCUT2D eigenvalue weighted by molar-refractivity contribution is 0.200. The number of fused-ring (bicyclic) bond motifs is 1. The maximum Gasteiger partial charge on any atom is 0.0760 e. The monoisotopic (exact) mass is 178 g/mol. The minimum atomic E-state index is -0.260. The van der Waals surface area contributed by atoms with E-state index in [0.717, 1.165) is 12.3 Å². The average Bonchev–Trinajstić information content (AvgIpc) is 2.02. The maximum atomic E-state index is 9.57. The molecule has 1 nitrogen and oxygen atoms in total. The first-order valence-electron chi connectivity index (χ1n) is 5.25. The maximum absolute atomic E-state index is 9.57. The van der Waals surface area contributed by atoms with Crippen molar-refractivity contribution < 1.29 is 5.11 Å². The third kappa shape index (κ3) is 1.58. The smallest absolute Gasteiger partial charge is 0.0760 e. The standard InChI is InChI=1S/C12H18O/c1-8-4-3-5-10-7-11(13)6-9(2)12(8)10/h7-8,11-13H,2-6H2,1H3. The van der Waals surface area contributed by atoms with Crippen LogP contribution in [-0.4, -0.2) is 11.2 Å². The summed E-state index contributed by atoms with van der Waals surface area (Å²) in [6.07, 6.45) is 6.35. The van der Waals surface area contributed by atoms with Crippen LogP contribution in [0.15, 0.2) is 23.8 Å². The van der Waals surface area contributed by atoms with Crippen LogP contribution in [-0.2, 0) is 0 Å². The van der Waals surface area contributed by atoms with Crippen molar-refractivity contribution in [2.24, 2.45) is 11.8 Å². The highest BCUT2D eigenvalue weighted by Crippen LogP contribution is 2.42. The van der Waals surface area contributed by atoms with Crippen molar-refractivity contribution in [1.29, 1.82) is 0 Å². The van der Waals surface area contributed by atoms with Crippen LogP contribution in [0, 0.1) is 11.8 Å². The minimum absolute atomic E-state index is 0.260. The molecule has 1 fully saturated rings. The molecule has 72 valence electrons. The largest absolute Gasteiger partial charge is 0.389 e. The predicted octanol–water partition coefficient (Wildman–Crippen LogP) is 2.67. The van der Waals surface area contributed by atoms with E-state index in [2.05, 4.69) is 19.6 Å². The van der Waals surface area contributed by atoms with Crippen molar-refractivity contribution in [2.75, 3.05) is 0 Å². The van der Waals surface area contributed by atoms with Crippen molar-refractivity contribution in [1.82, 2.24) is 0 Å². The minimum Gasteiger partial charge on any atom is -0.389 e. The quantitative estimate of drug-likeness (QED) is 0.565. The summed E-state index contributed by atoms with van der Waals surface area (Å²) in [5.74, 6) is 1.32. The molecule has 0 bridgehead atoms. The van der Waals surface area contributed by atoms with E-state index in [0.29, 0.717) is 5.92 Å². The molecule has 1 heteroatoms. The number of hydrogen-bond acceptors (Lipinski definition) is 1. The van der Waals surface area contributed by atoms with Crippen molar-refractivity contribution in [3.8, 4) is 0 Å². The first kappa shape index (κ1) is 9.01. The number of aliphatic hydroxyl groups is 1. The van der Waals surface area contributed by atoms with E-state index >= 15 is 0 Å². The Balaban J connectivity index is 2.27. The molecule has 2 rings (SSSR count). The van der Waals surface area contributed by atoms with E-state index in [1.165, 1.54) is 30.4 Å². The Labute approximate surface area is 80.2 Å². The molecule has 3 atom stereocenters. The van der Waals surface area contributed by atoms with Gasteiger partial charge in [0.2, 0.25) is 0 Å². The molecule has 0 radical (unpaired) electrons. The third-order valence-corrected chi connectivity index (χ3v) is 3.41. The second-order valence-electron chi connectivity index (χ2n) is 4.52. The van der Waals surface area contributed by atoms with Crippen LogP contribution in [0.2, 0.25) is 0 Å². The van der Waals surface area contributed by atoms with Gasteiger partial charge in [-0.2, -0.15) is 0 Å². The SMILES string of the molecule is C=C1CC(O)C=C2CCCC(C)C12. The summed E-state index contributed by atoms with van der Waals surface area (Å²) in [4.78, 5) is 0. The zero-order valence-electron chi connectivity index (χ0n) is 8.29. The fraction of sp³-hybridized carbons (Fsp3) is 0.667. The second kappa shape index (κ2) is 3.30. The van der Waals surface area contributed by atoms with Crippen molar-refractivity contribution in [3.05, 3.63) is 23.8 Å². The molecular formula is C12H18O. The molecule has 0 aromatic rings. The molecule has 0 heterocycles. The summed E-state index contributed by atoms with van der Waals surface area (Å²) in [6.45, 7) is 6.40. The molecule has 3 unspecified atom stereocenters. The van der Waals surface area contributed by atoms with Gasteiger partial charge in [-0.05, 0) is 31.6 Å². The first-order valence-corrected chi connectivity index (χ1v) is 5.25. The van der Waals surface area contributed by atoms with Gasteiger partial charge in [0.25, 0.3) is 0 Å². The van der Waals surface area contributed by atoms with E-state index in [1.54, 1.807) is 0 Å². The molecule has 0 aliphatic heterocycles. The van der Waals surface area contributed by atoms with Gasteiger partial charge in [-0.1, -0.05) is 30.7 Å². The summed E-state index contributed by atoms with van der Waals surface area (Å²) in [7, 11) is 0. The second-order valence-corrected chi connectivity index (χ2v) is 4.52. The number of aliphatic hydroxyl groups excluding tert-OH is 1. The Kier molecular flexibility index (Phi) is 2.29. The van der Waals surface area contributed by atoms with Gasteiger partial charge in [0.15, 0.2) is 0 Å². The topological polar surface area (TPSA) is 20.2 Å². The molecule has 0 saturated heterocycles. The molecule has 1 saturated carbocycles. The van der Waals surface area contributed by atoms with Crippen LogP contribution in [0.3, 0.4) is 0 Å². The van der Waals surface area contributed by atoms with Gasteiger partial charge in [-0.3, -0.25) is 0 Å². The predicted molar refractivity (Wildman–Crippen MR) is 54.4 cm³/mol. The Morgan fingerprint density at radius 3 is 3.08 bits per heavy atom. The van der Waals surface area contributed by atoms with E-state index < -0.39 is 0 Å². The van der Waals surface area contributed by atoms with Crippen LogP contribution in [0.4, 0.5) is 0 Å². The highest BCUT2D eigenvalue weighted by molar-refractivity contribution is 5.28. The molecule has 0 aromatic carbocycles. The number of rotatable bonds is 0. The first-order chi connectivity index (χ1) is 6.18. The number of hydrogen-bond donors (Lipinski definition) is 1. The molecule has 2 aliphatic carbocycles. The Morgan fingerprint density at radius 2 is 2.31 bits per heavy atom. The molecule has 0 spiro atoms. The Bertz CT molecular complexity index is 252. The molecule has 2 aliphatic rings. The van der Waals surface area contributed by atoms with Crippen LogP contribution in [0.1, 0.15) is 32.6 Å². The van der Waals surface area contributed by atoms with Crippen LogP contribution in [0.25, 0.3) is 0 Å². The lowest BCUT2D eigenvalue weighted by atomic mass is 9.69. The van der Waals surface area contributed by atoms with Crippen molar-refractivity contribution in [3.63, 3.8) is 0 Å². The van der Waals surface area contributed by atoms with E-state index in [4.69, 9.17) is 0 Å². The van der Waals surface area contributed by atoms with E-state index in [-0.39, 0.29) is 6.10 Å². The van der Waals surface area contributed by atoms with Crippen LogP contribution >= 0.6 is 0 Å². The van der Waals surface area contributed by atoms with Gasteiger partial charge in [-0.25, -0.2) is 0 Å². The Hall–Kier alpha value is -0.560. The van der Waals surface area contributed by atoms with Gasteiger partial charge in [0, 0.05) is 5.92 Å². The summed E-state index contributed by atoms with van der Waals surface area (Å²) < 4.78 is 0. The molecule has 13 heavy (non-hydrogen) atoms. The molecule has 0 aromatic heterocycles. The summed E-state index contributed by atoms with van der Waals surface area (Å²) in [5.41, 5.74) is 2.69. The van der Waals surface area contributed by atoms with Gasteiger partial charge in [0.05, 0.1) is 6.10 Å². The van der Waals surface area contributed by atoms with Gasteiger partial charge in [-0.15, -0.1) is 0 Å². The number of allylic oxidation sites excluding steroid dienone is 1. The molecular weight excluding hydrogens is 160 g/mol. The van der Waals surface area contributed by atoms with E-state index in [9.17, 15) is 5.11 Å². The van der Waals surface area contributed by atoms with E-state index in [1.807, 2.05) is 0 Å². The average molecular weight is 178 g/mol. The lowest BCUT2D eigenvalue weighted by Gasteiger charge is -2.37. The summed E-state index contributed by atoms with van der Waals surface area (Å²) in [5, 5.41) is 9.57. The lowest BCUT2D eigenvalue weighted by Crippen LogP contribution is -2.27. The van der Waals surface area contributed by atoms with Gasteiger partial charge >= 0.3 is 0 Å².